The maximum Gasteiger partial charge on any atom is 0.348 e. The molecule has 0 aliphatic carbocycles. The smallest absolute Gasteiger partial charge is 0.348 e. The number of nitro groups is 1. The molecule has 0 atom stereocenters. The van der Waals surface area contributed by atoms with E-state index >= 15 is 0 Å². The van der Waals surface area contributed by atoms with Crippen molar-refractivity contribution in [1.82, 2.24) is 9.97 Å². The molecule has 3 aromatic rings. The molecular weight excluding hydrogens is 392 g/mol. The van der Waals surface area contributed by atoms with E-state index in [9.17, 15) is 14.9 Å². The Balaban J connectivity index is 2.03. The van der Waals surface area contributed by atoms with Crippen molar-refractivity contribution in [3.8, 4) is 0 Å². The summed E-state index contributed by atoms with van der Waals surface area (Å²) >= 11 is 7.06. The Bertz CT molecular complexity index is 1050. The van der Waals surface area contributed by atoms with Gasteiger partial charge in [-0.15, -0.1) is 11.3 Å². The number of rotatable bonds is 5. The standard InChI is InChI=1S/C17H15ClN4O4S/c1-8(2)26-17(23)14-9(3)13-15(19-7-20-16(13)27-14)21-10-4-5-11(18)12(6-10)22(24)25/h4-8H,1-3H3,(H,19,20,21). The van der Waals surface area contributed by atoms with E-state index in [0.717, 1.165) is 0 Å². The molecule has 10 heteroatoms. The van der Waals surface area contributed by atoms with E-state index in [1.54, 1.807) is 26.8 Å². The predicted molar refractivity (Wildman–Crippen MR) is 104 cm³/mol. The van der Waals surface area contributed by atoms with Crippen molar-refractivity contribution in [2.45, 2.75) is 26.9 Å². The predicted octanol–water partition coefficient (Wildman–Crippen LogP) is 4.87. The van der Waals surface area contributed by atoms with Gasteiger partial charge in [0.1, 0.15) is 26.9 Å². The maximum atomic E-state index is 12.3. The number of aromatic nitrogens is 2. The first-order valence-corrected chi connectivity index (χ1v) is 9.13. The zero-order valence-electron chi connectivity index (χ0n) is 14.6. The van der Waals surface area contributed by atoms with Crippen LogP contribution in [-0.4, -0.2) is 27.0 Å². The molecule has 1 aromatic carbocycles. The van der Waals surface area contributed by atoms with Gasteiger partial charge in [-0.2, -0.15) is 0 Å². The molecule has 1 N–H and O–H groups in total. The van der Waals surface area contributed by atoms with Gasteiger partial charge in [0.2, 0.25) is 0 Å². The van der Waals surface area contributed by atoms with Gasteiger partial charge in [0.25, 0.3) is 5.69 Å². The third kappa shape index (κ3) is 3.83. The first kappa shape index (κ1) is 19.0. The van der Waals surface area contributed by atoms with Crippen molar-refractivity contribution in [1.29, 1.82) is 0 Å². The molecule has 0 amide bonds. The molecule has 0 bridgehead atoms. The average molecular weight is 407 g/mol. The quantitative estimate of drug-likeness (QED) is 0.365. The summed E-state index contributed by atoms with van der Waals surface area (Å²) in [6.45, 7) is 5.34. The number of carbonyl (C=O) groups is 1. The van der Waals surface area contributed by atoms with Crippen LogP contribution in [0.3, 0.4) is 0 Å². The highest BCUT2D eigenvalue weighted by Crippen LogP contribution is 2.36. The van der Waals surface area contributed by atoms with E-state index in [0.29, 0.717) is 32.2 Å². The molecule has 0 unspecified atom stereocenters. The molecule has 2 aromatic heterocycles. The summed E-state index contributed by atoms with van der Waals surface area (Å²) in [5.41, 5.74) is 0.922. The number of thiophene rings is 1. The highest BCUT2D eigenvalue weighted by Gasteiger charge is 2.21. The summed E-state index contributed by atoms with van der Waals surface area (Å²) in [5, 5.41) is 14.8. The SMILES string of the molecule is Cc1c(C(=O)OC(C)C)sc2ncnc(Nc3ccc(Cl)c([N+](=O)[O-])c3)c12. The number of anilines is 2. The van der Waals surface area contributed by atoms with Gasteiger partial charge in [-0.1, -0.05) is 11.6 Å². The largest absolute Gasteiger partial charge is 0.459 e. The van der Waals surface area contributed by atoms with Crippen LogP contribution in [0.2, 0.25) is 5.02 Å². The van der Waals surface area contributed by atoms with Crippen molar-refractivity contribution in [2.24, 2.45) is 0 Å². The number of hydrogen-bond donors (Lipinski definition) is 1. The number of aryl methyl sites for hydroxylation is 1. The summed E-state index contributed by atoms with van der Waals surface area (Å²) in [6, 6.07) is 4.37. The molecule has 8 nitrogen and oxygen atoms in total. The van der Waals surface area contributed by atoms with Gasteiger partial charge in [0, 0.05) is 11.8 Å². The molecular formula is C17H15ClN4O4S. The van der Waals surface area contributed by atoms with Crippen LogP contribution in [0.4, 0.5) is 17.2 Å². The van der Waals surface area contributed by atoms with Crippen LogP contribution in [0.1, 0.15) is 29.1 Å². The van der Waals surface area contributed by atoms with Gasteiger partial charge in [0.15, 0.2) is 0 Å². The molecule has 2 heterocycles. The van der Waals surface area contributed by atoms with E-state index < -0.39 is 10.9 Å². The van der Waals surface area contributed by atoms with Crippen molar-refractivity contribution in [3.05, 3.63) is 50.1 Å². The number of nitrogens with one attached hydrogen (secondary N) is 1. The van der Waals surface area contributed by atoms with Crippen molar-refractivity contribution in [2.75, 3.05) is 5.32 Å². The molecule has 0 radical (unpaired) electrons. The Kier molecular flexibility index (Phi) is 5.24. The zero-order chi connectivity index (χ0) is 19.7. The molecule has 0 aliphatic heterocycles. The minimum Gasteiger partial charge on any atom is -0.459 e. The number of ether oxygens (including phenoxy) is 1. The first-order valence-electron chi connectivity index (χ1n) is 7.94. The number of fused-ring (bicyclic) bond motifs is 1. The topological polar surface area (TPSA) is 107 Å². The van der Waals surface area contributed by atoms with E-state index in [1.165, 1.54) is 29.8 Å². The van der Waals surface area contributed by atoms with Crippen LogP contribution in [0.15, 0.2) is 24.5 Å². The lowest BCUT2D eigenvalue weighted by molar-refractivity contribution is -0.384. The van der Waals surface area contributed by atoms with Crippen molar-refractivity contribution >= 4 is 56.3 Å². The Hall–Kier alpha value is -2.78. The number of esters is 1. The Labute approximate surface area is 163 Å². The minimum absolute atomic E-state index is 0.0452. The summed E-state index contributed by atoms with van der Waals surface area (Å²) in [6.07, 6.45) is 1.13. The van der Waals surface area contributed by atoms with Crippen LogP contribution in [0, 0.1) is 17.0 Å². The second-order valence-electron chi connectivity index (χ2n) is 5.96. The molecule has 0 fully saturated rings. The lowest BCUT2D eigenvalue weighted by Crippen LogP contribution is -2.11. The van der Waals surface area contributed by atoms with Crippen LogP contribution in [-0.2, 0) is 4.74 Å². The van der Waals surface area contributed by atoms with Crippen LogP contribution in [0.25, 0.3) is 10.2 Å². The summed E-state index contributed by atoms with van der Waals surface area (Å²) < 4.78 is 5.27. The fraction of sp³-hybridized carbons (Fsp3) is 0.235. The van der Waals surface area contributed by atoms with Gasteiger partial charge in [-0.05, 0) is 38.5 Å². The second-order valence-corrected chi connectivity index (χ2v) is 7.37. The fourth-order valence-electron chi connectivity index (χ4n) is 2.50. The Morgan fingerprint density at radius 1 is 1.37 bits per heavy atom. The molecule has 27 heavy (non-hydrogen) atoms. The summed E-state index contributed by atoms with van der Waals surface area (Å²) in [4.78, 5) is 32.3. The van der Waals surface area contributed by atoms with Crippen molar-refractivity contribution < 1.29 is 14.5 Å². The normalized spacial score (nSPS) is 11.0. The summed E-state index contributed by atoms with van der Waals surface area (Å²) in [7, 11) is 0. The number of hydrogen-bond acceptors (Lipinski definition) is 8. The zero-order valence-corrected chi connectivity index (χ0v) is 16.2. The Morgan fingerprint density at radius 3 is 2.78 bits per heavy atom. The lowest BCUT2D eigenvalue weighted by atomic mass is 10.2. The third-order valence-electron chi connectivity index (χ3n) is 3.66. The van der Waals surface area contributed by atoms with Gasteiger partial charge < -0.3 is 10.1 Å². The number of halogens is 1. The molecule has 0 spiro atoms. The Morgan fingerprint density at radius 2 is 2.11 bits per heavy atom. The van der Waals surface area contributed by atoms with Gasteiger partial charge in [-0.3, -0.25) is 10.1 Å². The van der Waals surface area contributed by atoms with Crippen LogP contribution in [0.5, 0.6) is 0 Å². The van der Waals surface area contributed by atoms with Gasteiger partial charge >= 0.3 is 5.97 Å². The van der Waals surface area contributed by atoms with Gasteiger partial charge in [0.05, 0.1) is 16.4 Å². The number of nitro benzene ring substituents is 1. The molecule has 0 aliphatic rings. The highest BCUT2D eigenvalue weighted by atomic mass is 35.5. The number of carbonyl (C=O) groups excluding carboxylic acids is 1. The monoisotopic (exact) mass is 406 g/mol. The second kappa shape index (κ2) is 7.45. The van der Waals surface area contributed by atoms with Crippen LogP contribution >= 0.6 is 22.9 Å². The molecule has 0 saturated carbocycles. The van der Waals surface area contributed by atoms with Crippen molar-refractivity contribution in [3.63, 3.8) is 0 Å². The van der Waals surface area contributed by atoms with Crippen LogP contribution < -0.4 is 5.32 Å². The highest BCUT2D eigenvalue weighted by molar-refractivity contribution is 7.20. The maximum absolute atomic E-state index is 12.3. The lowest BCUT2D eigenvalue weighted by Gasteiger charge is -2.08. The minimum atomic E-state index is -0.557. The van der Waals surface area contributed by atoms with Gasteiger partial charge in [-0.25, -0.2) is 14.8 Å². The van der Waals surface area contributed by atoms with E-state index in [-0.39, 0.29) is 16.8 Å². The number of benzene rings is 1. The van der Waals surface area contributed by atoms with E-state index in [1.807, 2.05) is 0 Å². The van der Waals surface area contributed by atoms with E-state index in [2.05, 4.69) is 15.3 Å². The summed E-state index contributed by atoms with van der Waals surface area (Å²) in [5.74, 6) is 0.0209. The third-order valence-corrected chi connectivity index (χ3v) is 5.16. The average Bonchev–Trinajstić information content (AvgIpc) is 2.94. The van der Waals surface area contributed by atoms with E-state index in [4.69, 9.17) is 16.3 Å². The molecule has 0 saturated heterocycles. The fourth-order valence-corrected chi connectivity index (χ4v) is 3.71. The number of nitrogens with zero attached hydrogens (tertiary/aromatic N) is 3. The first-order chi connectivity index (χ1) is 12.8. The molecule has 140 valence electrons. The molecule has 3 rings (SSSR count).